The summed E-state index contributed by atoms with van der Waals surface area (Å²) in [5.41, 5.74) is 6.87. The van der Waals surface area contributed by atoms with Gasteiger partial charge in [-0.15, -0.1) is 0 Å². The number of aliphatic imine (C=N–C) groups is 1. The second-order valence-corrected chi connectivity index (χ2v) is 5.52. The molecule has 1 unspecified atom stereocenters. The van der Waals surface area contributed by atoms with Crippen molar-refractivity contribution in [2.24, 2.45) is 10.7 Å². The van der Waals surface area contributed by atoms with Gasteiger partial charge in [0.1, 0.15) is 5.82 Å². The van der Waals surface area contributed by atoms with Crippen LogP contribution >= 0.6 is 0 Å². The smallest absolute Gasteiger partial charge is 0.189 e. The van der Waals surface area contributed by atoms with Gasteiger partial charge in [0.05, 0.1) is 18.3 Å². The minimum Gasteiger partial charge on any atom is -0.376 e. The number of hydrogen-bond acceptors (Lipinski definition) is 3. The van der Waals surface area contributed by atoms with E-state index in [4.69, 9.17) is 10.5 Å². The first-order valence-electron chi connectivity index (χ1n) is 7.51. The minimum atomic E-state index is 0.281. The van der Waals surface area contributed by atoms with E-state index >= 15 is 0 Å². The second kappa shape index (κ2) is 6.26. The molecule has 3 N–H and O–H groups in total. The fourth-order valence-corrected chi connectivity index (χ4v) is 2.79. The fraction of sp³-hybridized carbons (Fsp3) is 0.714. The SMILES string of the molecule is NC(=NCc1cn2c(n1)CCCC2)NCC1CCCO1. The lowest BCUT2D eigenvalue weighted by molar-refractivity contribution is 0.114. The van der Waals surface area contributed by atoms with Gasteiger partial charge >= 0.3 is 0 Å². The van der Waals surface area contributed by atoms with Gasteiger partial charge in [-0.05, 0) is 25.7 Å². The van der Waals surface area contributed by atoms with Gasteiger partial charge in [-0.3, -0.25) is 0 Å². The third-order valence-corrected chi connectivity index (χ3v) is 3.90. The topological polar surface area (TPSA) is 77.5 Å². The van der Waals surface area contributed by atoms with E-state index < -0.39 is 0 Å². The van der Waals surface area contributed by atoms with Crippen LogP contribution in [0.15, 0.2) is 11.2 Å². The molecule has 2 aliphatic heterocycles. The highest BCUT2D eigenvalue weighted by atomic mass is 16.5. The molecule has 0 aliphatic carbocycles. The monoisotopic (exact) mass is 277 g/mol. The lowest BCUT2D eigenvalue weighted by Gasteiger charge is -2.11. The third kappa shape index (κ3) is 3.30. The second-order valence-electron chi connectivity index (χ2n) is 5.52. The third-order valence-electron chi connectivity index (χ3n) is 3.90. The van der Waals surface area contributed by atoms with E-state index in [0.29, 0.717) is 12.5 Å². The average Bonchev–Trinajstić information content (AvgIpc) is 3.11. The molecule has 3 heterocycles. The number of nitrogens with one attached hydrogen (secondary N) is 1. The largest absolute Gasteiger partial charge is 0.376 e. The molecule has 1 atom stereocenters. The van der Waals surface area contributed by atoms with E-state index in [1.54, 1.807) is 0 Å². The van der Waals surface area contributed by atoms with Crippen molar-refractivity contribution in [1.29, 1.82) is 0 Å². The molecule has 0 amide bonds. The number of rotatable bonds is 4. The van der Waals surface area contributed by atoms with Crippen molar-refractivity contribution in [3.05, 3.63) is 17.7 Å². The molecule has 20 heavy (non-hydrogen) atoms. The van der Waals surface area contributed by atoms with Crippen molar-refractivity contribution >= 4 is 5.96 Å². The first kappa shape index (κ1) is 13.4. The van der Waals surface area contributed by atoms with Gasteiger partial charge in [-0.25, -0.2) is 9.98 Å². The van der Waals surface area contributed by atoms with Crippen molar-refractivity contribution in [3.8, 4) is 0 Å². The molecule has 6 nitrogen and oxygen atoms in total. The standard InChI is InChI=1S/C14H23N5O/c15-14(17-9-12-4-3-7-20-12)16-8-11-10-19-6-2-1-5-13(19)18-11/h10,12H,1-9H2,(H3,15,16,17). The normalized spacial score (nSPS) is 22.8. The summed E-state index contributed by atoms with van der Waals surface area (Å²) >= 11 is 0. The van der Waals surface area contributed by atoms with Crippen LogP contribution in [-0.2, 0) is 24.2 Å². The summed E-state index contributed by atoms with van der Waals surface area (Å²) in [6, 6.07) is 0. The zero-order chi connectivity index (χ0) is 13.8. The zero-order valence-corrected chi connectivity index (χ0v) is 11.8. The maximum Gasteiger partial charge on any atom is 0.189 e. The first-order chi connectivity index (χ1) is 9.81. The summed E-state index contributed by atoms with van der Waals surface area (Å²) < 4.78 is 7.77. The van der Waals surface area contributed by atoms with Crippen LogP contribution in [0.25, 0.3) is 0 Å². The van der Waals surface area contributed by atoms with E-state index in [1.165, 1.54) is 18.7 Å². The number of fused-ring (bicyclic) bond motifs is 1. The lowest BCUT2D eigenvalue weighted by atomic mass is 10.2. The average molecular weight is 277 g/mol. The van der Waals surface area contributed by atoms with Gasteiger partial charge < -0.3 is 20.4 Å². The van der Waals surface area contributed by atoms with Crippen molar-refractivity contribution < 1.29 is 4.74 Å². The van der Waals surface area contributed by atoms with Crippen molar-refractivity contribution in [3.63, 3.8) is 0 Å². The highest BCUT2D eigenvalue weighted by Crippen LogP contribution is 2.15. The summed E-state index contributed by atoms with van der Waals surface area (Å²) in [7, 11) is 0. The Kier molecular flexibility index (Phi) is 4.20. The Morgan fingerprint density at radius 3 is 3.25 bits per heavy atom. The van der Waals surface area contributed by atoms with Gasteiger partial charge in [0, 0.05) is 32.3 Å². The van der Waals surface area contributed by atoms with Crippen LogP contribution in [0.2, 0.25) is 0 Å². The van der Waals surface area contributed by atoms with E-state index in [0.717, 1.165) is 44.7 Å². The van der Waals surface area contributed by atoms with E-state index in [2.05, 4.69) is 26.1 Å². The summed E-state index contributed by atoms with van der Waals surface area (Å²) in [6.07, 6.45) is 8.20. The number of nitrogens with two attached hydrogens (primary N) is 1. The summed E-state index contributed by atoms with van der Waals surface area (Å²) in [4.78, 5) is 8.96. The van der Waals surface area contributed by atoms with E-state index in [9.17, 15) is 0 Å². The molecule has 1 aromatic rings. The maximum atomic E-state index is 5.87. The number of aryl methyl sites for hydroxylation is 2. The summed E-state index contributed by atoms with van der Waals surface area (Å²) in [5, 5.41) is 3.12. The Morgan fingerprint density at radius 1 is 1.50 bits per heavy atom. The Labute approximate surface area is 119 Å². The molecule has 3 rings (SSSR count). The number of hydrogen-bond donors (Lipinski definition) is 2. The number of ether oxygens (including phenoxy) is 1. The van der Waals surface area contributed by atoms with Gasteiger partial charge in [0.15, 0.2) is 5.96 Å². The lowest BCUT2D eigenvalue weighted by Crippen LogP contribution is -2.37. The predicted molar refractivity (Wildman–Crippen MR) is 77.5 cm³/mol. The van der Waals surface area contributed by atoms with Crippen LogP contribution in [0.1, 0.15) is 37.2 Å². The molecule has 0 spiro atoms. The molecular formula is C14H23N5O. The van der Waals surface area contributed by atoms with Gasteiger partial charge in [0.25, 0.3) is 0 Å². The minimum absolute atomic E-state index is 0.281. The Bertz CT molecular complexity index is 452. The van der Waals surface area contributed by atoms with Crippen molar-refractivity contribution in [1.82, 2.24) is 14.9 Å². The molecule has 0 saturated carbocycles. The number of aromatic nitrogens is 2. The highest BCUT2D eigenvalue weighted by molar-refractivity contribution is 5.77. The maximum absolute atomic E-state index is 5.87. The zero-order valence-electron chi connectivity index (χ0n) is 11.8. The molecule has 110 valence electrons. The molecule has 1 aromatic heterocycles. The predicted octanol–water partition coefficient (Wildman–Crippen LogP) is 0.803. The van der Waals surface area contributed by atoms with Crippen LogP contribution < -0.4 is 11.1 Å². The number of nitrogens with zero attached hydrogens (tertiary/aromatic N) is 3. The number of imidazole rings is 1. The molecule has 6 heteroatoms. The Balaban J connectivity index is 1.49. The Hall–Kier alpha value is -1.56. The molecular weight excluding hydrogens is 254 g/mol. The van der Waals surface area contributed by atoms with Crippen LogP contribution in [0.5, 0.6) is 0 Å². The molecule has 1 saturated heterocycles. The van der Waals surface area contributed by atoms with Crippen LogP contribution in [-0.4, -0.2) is 34.8 Å². The van der Waals surface area contributed by atoms with Crippen LogP contribution in [0.3, 0.4) is 0 Å². The van der Waals surface area contributed by atoms with Crippen molar-refractivity contribution in [2.45, 2.75) is 51.3 Å². The van der Waals surface area contributed by atoms with E-state index in [-0.39, 0.29) is 6.10 Å². The summed E-state index contributed by atoms with van der Waals surface area (Å²) in [6.45, 7) is 3.24. The Morgan fingerprint density at radius 2 is 2.45 bits per heavy atom. The van der Waals surface area contributed by atoms with Crippen LogP contribution in [0, 0.1) is 0 Å². The van der Waals surface area contributed by atoms with Gasteiger partial charge in [-0.1, -0.05) is 0 Å². The van der Waals surface area contributed by atoms with Crippen LogP contribution in [0.4, 0.5) is 0 Å². The van der Waals surface area contributed by atoms with E-state index in [1.807, 2.05) is 0 Å². The quantitative estimate of drug-likeness (QED) is 0.630. The molecule has 0 aromatic carbocycles. The number of guanidine groups is 1. The fourth-order valence-electron chi connectivity index (χ4n) is 2.79. The molecule has 1 fully saturated rings. The first-order valence-corrected chi connectivity index (χ1v) is 7.51. The van der Waals surface area contributed by atoms with Gasteiger partial charge in [-0.2, -0.15) is 0 Å². The van der Waals surface area contributed by atoms with Gasteiger partial charge in [0.2, 0.25) is 0 Å². The molecule has 0 bridgehead atoms. The van der Waals surface area contributed by atoms with Crippen molar-refractivity contribution in [2.75, 3.05) is 13.2 Å². The molecule has 0 radical (unpaired) electrons. The highest BCUT2D eigenvalue weighted by Gasteiger charge is 2.15. The molecule has 2 aliphatic rings. The summed E-state index contributed by atoms with van der Waals surface area (Å²) in [5.74, 6) is 1.67.